The minimum atomic E-state index is -2.01. The minimum Gasteiger partial charge on any atom is -0.464 e. The summed E-state index contributed by atoms with van der Waals surface area (Å²) in [4.78, 5) is 51.7. The van der Waals surface area contributed by atoms with Crippen LogP contribution in [0.1, 0.15) is 33.3 Å². The minimum absolute atomic E-state index is 0.0353. The quantitative estimate of drug-likeness (QED) is 0.455. The van der Waals surface area contributed by atoms with Gasteiger partial charge in [0.25, 0.3) is 0 Å². The van der Waals surface area contributed by atoms with Crippen molar-refractivity contribution >= 4 is 40.3 Å². The lowest BCUT2D eigenvalue weighted by molar-refractivity contribution is -0.168. The highest BCUT2D eigenvalue weighted by molar-refractivity contribution is 6.08. The average molecular weight is 403 g/mol. The van der Waals surface area contributed by atoms with E-state index in [4.69, 9.17) is 9.47 Å². The van der Waals surface area contributed by atoms with Crippen LogP contribution in [-0.4, -0.2) is 47.5 Å². The number of nitrogens with one attached hydrogen (secondary N) is 3. The van der Waals surface area contributed by atoms with Crippen LogP contribution in [0.2, 0.25) is 0 Å². The van der Waals surface area contributed by atoms with Crippen LogP contribution in [0.5, 0.6) is 0 Å². The number of aromatic amines is 1. The van der Waals surface area contributed by atoms with Crippen LogP contribution in [0.15, 0.2) is 24.4 Å². The van der Waals surface area contributed by atoms with E-state index in [1.54, 1.807) is 38.2 Å². The first-order valence-corrected chi connectivity index (χ1v) is 9.24. The topological polar surface area (TPSA) is 127 Å². The van der Waals surface area contributed by atoms with Crippen molar-refractivity contribution in [3.63, 3.8) is 0 Å². The molecule has 1 heterocycles. The number of rotatable bonds is 8. The van der Waals surface area contributed by atoms with Crippen molar-refractivity contribution in [2.24, 2.45) is 0 Å². The third-order valence-electron chi connectivity index (χ3n) is 4.18. The molecule has 3 N–H and O–H groups in total. The number of esters is 2. The molecule has 0 saturated carbocycles. The van der Waals surface area contributed by atoms with Crippen LogP contribution >= 0.6 is 0 Å². The molecular formula is C20H25N3O6. The molecule has 0 aliphatic carbocycles. The van der Waals surface area contributed by atoms with E-state index in [2.05, 4.69) is 15.6 Å². The first kappa shape index (κ1) is 21.9. The van der Waals surface area contributed by atoms with E-state index in [0.29, 0.717) is 16.8 Å². The zero-order valence-electron chi connectivity index (χ0n) is 16.9. The highest BCUT2D eigenvalue weighted by atomic mass is 16.6. The Morgan fingerprint density at radius 1 is 1.00 bits per heavy atom. The van der Waals surface area contributed by atoms with Gasteiger partial charge in [-0.2, -0.15) is 0 Å². The van der Waals surface area contributed by atoms with Crippen LogP contribution in [-0.2, 0) is 35.1 Å². The molecule has 0 atom stereocenters. The lowest BCUT2D eigenvalue weighted by Crippen LogP contribution is -2.62. The van der Waals surface area contributed by atoms with Crippen molar-refractivity contribution in [2.75, 3.05) is 18.5 Å². The van der Waals surface area contributed by atoms with Crippen LogP contribution in [0.3, 0.4) is 0 Å². The Bertz CT molecular complexity index is 915. The first-order chi connectivity index (χ1) is 13.7. The third kappa shape index (κ3) is 4.92. The largest absolute Gasteiger partial charge is 0.464 e. The highest BCUT2D eigenvalue weighted by Crippen LogP contribution is 2.27. The van der Waals surface area contributed by atoms with E-state index in [1.165, 1.54) is 13.8 Å². The lowest BCUT2D eigenvalue weighted by Gasteiger charge is -2.29. The molecule has 0 bridgehead atoms. The van der Waals surface area contributed by atoms with E-state index in [1.807, 2.05) is 0 Å². The predicted molar refractivity (Wildman–Crippen MR) is 106 cm³/mol. The molecule has 0 fully saturated rings. The van der Waals surface area contributed by atoms with Gasteiger partial charge in [-0.25, -0.2) is 9.59 Å². The van der Waals surface area contributed by atoms with Crippen molar-refractivity contribution in [3.8, 4) is 0 Å². The zero-order chi connectivity index (χ0) is 21.6. The molecule has 1 aromatic carbocycles. The molecule has 2 aromatic rings. The van der Waals surface area contributed by atoms with Crippen molar-refractivity contribution in [3.05, 3.63) is 30.0 Å². The van der Waals surface area contributed by atoms with Gasteiger partial charge in [-0.3, -0.25) is 9.59 Å². The number of benzene rings is 1. The third-order valence-corrected chi connectivity index (χ3v) is 4.18. The van der Waals surface area contributed by atoms with Gasteiger partial charge in [-0.15, -0.1) is 0 Å². The Morgan fingerprint density at radius 2 is 1.62 bits per heavy atom. The summed E-state index contributed by atoms with van der Waals surface area (Å²) < 4.78 is 10.2. The fraction of sp³-hybridized carbons (Fsp3) is 0.400. The summed E-state index contributed by atoms with van der Waals surface area (Å²) in [5, 5.41) is 5.85. The molecule has 9 nitrogen and oxygen atoms in total. The summed E-state index contributed by atoms with van der Waals surface area (Å²) >= 11 is 0. The van der Waals surface area contributed by atoms with Crippen LogP contribution < -0.4 is 10.6 Å². The molecule has 29 heavy (non-hydrogen) atoms. The number of anilines is 1. The maximum Gasteiger partial charge on any atom is 0.344 e. The molecule has 0 spiro atoms. The van der Waals surface area contributed by atoms with Crippen LogP contribution in [0, 0.1) is 0 Å². The number of amides is 2. The predicted octanol–water partition coefficient (Wildman–Crippen LogP) is 1.67. The number of aromatic nitrogens is 1. The summed E-state index contributed by atoms with van der Waals surface area (Å²) in [5.41, 5.74) is -0.120. The van der Waals surface area contributed by atoms with E-state index in [-0.39, 0.29) is 25.5 Å². The number of ether oxygens (including phenoxy) is 2. The second-order valence-corrected chi connectivity index (χ2v) is 6.46. The SMILES string of the molecule is CCOC(=O)C(Cc1c[nH]c2cc(NC(C)=O)ccc12)(NC(C)=O)C(=O)OCC. The highest BCUT2D eigenvalue weighted by Gasteiger charge is 2.50. The Labute approximate surface area is 168 Å². The number of hydrogen-bond donors (Lipinski definition) is 3. The van der Waals surface area contributed by atoms with Gasteiger partial charge in [0.05, 0.1) is 13.2 Å². The fourth-order valence-electron chi connectivity index (χ4n) is 3.08. The molecule has 2 rings (SSSR count). The van der Waals surface area contributed by atoms with E-state index < -0.39 is 23.4 Å². The Balaban J connectivity index is 2.51. The molecule has 156 valence electrons. The number of fused-ring (bicyclic) bond motifs is 1. The second-order valence-electron chi connectivity index (χ2n) is 6.46. The van der Waals surface area contributed by atoms with Gasteiger partial charge in [0.2, 0.25) is 17.4 Å². The van der Waals surface area contributed by atoms with Crippen LogP contribution in [0.4, 0.5) is 5.69 Å². The summed E-state index contributed by atoms with van der Waals surface area (Å²) in [6.45, 7) is 5.90. The van der Waals surface area contributed by atoms with Gasteiger partial charge in [0.1, 0.15) is 0 Å². The van der Waals surface area contributed by atoms with Crippen molar-refractivity contribution < 1.29 is 28.7 Å². The number of carbonyl (C=O) groups excluding carboxylic acids is 4. The maximum atomic E-state index is 12.8. The average Bonchev–Trinajstić information content (AvgIpc) is 3.02. The number of hydrogen-bond acceptors (Lipinski definition) is 6. The molecule has 0 aliphatic rings. The van der Waals surface area contributed by atoms with E-state index in [9.17, 15) is 19.2 Å². The molecule has 1 aromatic heterocycles. The first-order valence-electron chi connectivity index (χ1n) is 9.24. The Kier molecular flexibility index (Phi) is 6.98. The van der Waals surface area contributed by atoms with Gasteiger partial charge in [-0.05, 0) is 31.5 Å². The Hall–Kier alpha value is -3.36. The molecule has 0 aliphatic heterocycles. The zero-order valence-corrected chi connectivity index (χ0v) is 16.9. The molecule has 2 amide bonds. The molecule has 0 radical (unpaired) electrons. The Morgan fingerprint density at radius 3 is 2.14 bits per heavy atom. The molecule has 9 heteroatoms. The molecular weight excluding hydrogens is 378 g/mol. The van der Waals surface area contributed by atoms with Gasteiger partial charge in [0.15, 0.2) is 0 Å². The van der Waals surface area contributed by atoms with Crippen molar-refractivity contribution in [1.29, 1.82) is 0 Å². The lowest BCUT2D eigenvalue weighted by atomic mass is 9.90. The van der Waals surface area contributed by atoms with Crippen molar-refractivity contribution in [2.45, 2.75) is 39.7 Å². The van der Waals surface area contributed by atoms with Crippen molar-refractivity contribution in [1.82, 2.24) is 10.3 Å². The standard InChI is InChI=1S/C20H25N3O6/c1-5-28-18(26)20(23-13(4)25,19(27)29-6-2)10-14-11-21-17-9-15(22-12(3)24)7-8-16(14)17/h7-9,11,21H,5-6,10H2,1-4H3,(H,22,24)(H,23,25). The molecule has 0 saturated heterocycles. The fourth-order valence-corrected chi connectivity index (χ4v) is 3.08. The second kappa shape index (κ2) is 9.22. The van der Waals surface area contributed by atoms with Gasteiger partial charge in [0, 0.05) is 43.1 Å². The van der Waals surface area contributed by atoms with E-state index in [0.717, 1.165) is 5.39 Å². The van der Waals surface area contributed by atoms with Gasteiger partial charge >= 0.3 is 11.9 Å². The maximum absolute atomic E-state index is 12.8. The normalized spacial score (nSPS) is 11.0. The summed E-state index contributed by atoms with van der Waals surface area (Å²) in [5.74, 6) is -2.56. The summed E-state index contributed by atoms with van der Waals surface area (Å²) in [6.07, 6.45) is 1.47. The number of carbonyl (C=O) groups is 4. The van der Waals surface area contributed by atoms with Crippen LogP contribution in [0.25, 0.3) is 10.9 Å². The summed E-state index contributed by atoms with van der Waals surface area (Å²) in [7, 11) is 0. The monoisotopic (exact) mass is 403 g/mol. The number of H-pyrrole nitrogens is 1. The van der Waals surface area contributed by atoms with Gasteiger partial charge in [-0.1, -0.05) is 6.07 Å². The smallest absolute Gasteiger partial charge is 0.344 e. The van der Waals surface area contributed by atoms with E-state index >= 15 is 0 Å². The molecule has 0 unspecified atom stereocenters. The summed E-state index contributed by atoms with van der Waals surface area (Å²) in [6, 6.07) is 5.19. The van der Waals surface area contributed by atoms with Gasteiger partial charge < -0.3 is 25.1 Å².